The van der Waals surface area contributed by atoms with Gasteiger partial charge in [0, 0.05) is 5.56 Å². The Bertz CT molecular complexity index is 532. The number of rotatable bonds is 3. The van der Waals surface area contributed by atoms with Crippen molar-refractivity contribution in [2.24, 2.45) is 0 Å². The molecular formula is C14H12O3. The summed E-state index contributed by atoms with van der Waals surface area (Å²) in [6, 6.07) is 14.1. The largest absolute Gasteiger partial charge is 0.478 e. The summed E-state index contributed by atoms with van der Waals surface area (Å²) >= 11 is 0. The second-order valence-corrected chi connectivity index (χ2v) is 3.67. The van der Waals surface area contributed by atoms with Gasteiger partial charge >= 0.3 is 5.97 Å². The molecule has 0 spiro atoms. The van der Waals surface area contributed by atoms with Crippen molar-refractivity contribution in [3.63, 3.8) is 0 Å². The molecule has 2 N–H and O–H groups in total. The standard InChI is InChI=1S/C14H12O3/c15-9-11-7-4-8-12(14(16)17)13(11)10-5-2-1-3-6-10/h1-8,15H,9H2,(H,16,17). The van der Waals surface area contributed by atoms with Gasteiger partial charge in [0.2, 0.25) is 0 Å². The highest BCUT2D eigenvalue weighted by molar-refractivity contribution is 5.97. The normalized spacial score (nSPS) is 10.2. The van der Waals surface area contributed by atoms with Crippen LogP contribution in [0.1, 0.15) is 15.9 Å². The maximum absolute atomic E-state index is 11.2. The fourth-order valence-corrected chi connectivity index (χ4v) is 1.86. The van der Waals surface area contributed by atoms with Crippen molar-refractivity contribution >= 4 is 5.97 Å². The van der Waals surface area contributed by atoms with Gasteiger partial charge in [-0.05, 0) is 17.2 Å². The molecule has 2 aromatic carbocycles. The van der Waals surface area contributed by atoms with Gasteiger partial charge < -0.3 is 10.2 Å². The average molecular weight is 228 g/mol. The van der Waals surface area contributed by atoms with Crippen molar-refractivity contribution in [1.29, 1.82) is 0 Å². The Balaban J connectivity index is 2.69. The molecule has 0 atom stereocenters. The smallest absolute Gasteiger partial charge is 0.336 e. The molecule has 86 valence electrons. The Morgan fingerprint density at radius 2 is 1.71 bits per heavy atom. The molecule has 2 aromatic rings. The van der Waals surface area contributed by atoms with Gasteiger partial charge in [-0.25, -0.2) is 4.79 Å². The quantitative estimate of drug-likeness (QED) is 0.848. The van der Waals surface area contributed by atoms with Crippen LogP contribution >= 0.6 is 0 Å². The zero-order valence-electron chi connectivity index (χ0n) is 9.13. The summed E-state index contributed by atoms with van der Waals surface area (Å²) in [5.41, 5.74) is 2.22. The zero-order chi connectivity index (χ0) is 12.3. The molecule has 0 aliphatic heterocycles. The molecule has 0 radical (unpaired) electrons. The molecule has 0 saturated heterocycles. The maximum atomic E-state index is 11.2. The molecule has 0 aliphatic carbocycles. The highest BCUT2D eigenvalue weighted by atomic mass is 16.4. The van der Waals surface area contributed by atoms with E-state index in [4.69, 9.17) is 5.11 Å². The highest BCUT2D eigenvalue weighted by Crippen LogP contribution is 2.27. The summed E-state index contributed by atoms with van der Waals surface area (Å²) in [5.74, 6) is -0.987. The Morgan fingerprint density at radius 3 is 2.29 bits per heavy atom. The van der Waals surface area contributed by atoms with Crippen LogP contribution in [0.5, 0.6) is 0 Å². The summed E-state index contributed by atoms with van der Waals surface area (Å²) in [4.78, 5) is 11.2. The van der Waals surface area contributed by atoms with Crippen molar-refractivity contribution in [2.45, 2.75) is 6.61 Å². The van der Waals surface area contributed by atoms with Crippen LogP contribution in [0.3, 0.4) is 0 Å². The third-order valence-electron chi connectivity index (χ3n) is 2.61. The number of benzene rings is 2. The number of carboxylic acid groups (broad SMARTS) is 1. The van der Waals surface area contributed by atoms with E-state index < -0.39 is 5.97 Å². The van der Waals surface area contributed by atoms with Crippen molar-refractivity contribution in [2.75, 3.05) is 0 Å². The number of aliphatic hydroxyl groups is 1. The van der Waals surface area contributed by atoms with E-state index in [1.807, 2.05) is 30.3 Å². The van der Waals surface area contributed by atoms with Gasteiger partial charge in [0.15, 0.2) is 0 Å². The van der Waals surface area contributed by atoms with E-state index in [2.05, 4.69) is 0 Å². The summed E-state index contributed by atoms with van der Waals surface area (Å²) < 4.78 is 0. The number of aromatic carboxylic acids is 1. The molecule has 0 unspecified atom stereocenters. The molecule has 3 nitrogen and oxygen atoms in total. The van der Waals surface area contributed by atoms with Gasteiger partial charge in [0.05, 0.1) is 12.2 Å². The average Bonchev–Trinajstić information content (AvgIpc) is 2.38. The van der Waals surface area contributed by atoms with E-state index >= 15 is 0 Å². The van der Waals surface area contributed by atoms with Crippen molar-refractivity contribution in [3.05, 3.63) is 59.7 Å². The zero-order valence-corrected chi connectivity index (χ0v) is 9.13. The van der Waals surface area contributed by atoms with Crippen molar-refractivity contribution in [3.8, 4) is 11.1 Å². The molecule has 2 rings (SSSR count). The lowest BCUT2D eigenvalue weighted by molar-refractivity contribution is 0.0697. The predicted molar refractivity (Wildman–Crippen MR) is 64.8 cm³/mol. The van der Waals surface area contributed by atoms with E-state index in [0.717, 1.165) is 5.56 Å². The second kappa shape index (κ2) is 4.80. The fourth-order valence-electron chi connectivity index (χ4n) is 1.86. The van der Waals surface area contributed by atoms with Gasteiger partial charge in [-0.3, -0.25) is 0 Å². The molecule has 17 heavy (non-hydrogen) atoms. The molecule has 0 saturated carbocycles. The van der Waals surface area contributed by atoms with Gasteiger partial charge in [-0.2, -0.15) is 0 Å². The Hall–Kier alpha value is -2.13. The van der Waals surface area contributed by atoms with Gasteiger partial charge in [0.25, 0.3) is 0 Å². The molecule has 0 aromatic heterocycles. The van der Waals surface area contributed by atoms with Crippen LogP contribution in [0.4, 0.5) is 0 Å². The predicted octanol–water partition coefficient (Wildman–Crippen LogP) is 2.54. The Kier molecular flexibility index (Phi) is 3.21. The summed E-state index contributed by atoms with van der Waals surface area (Å²) in [7, 11) is 0. The van der Waals surface area contributed by atoms with E-state index in [1.54, 1.807) is 18.2 Å². The first-order valence-corrected chi connectivity index (χ1v) is 5.25. The van der Waals surface area contributed by atoms with E-state index in [0.29, 0.717) is 11.1 Å². The first-order chi connectivity index (χ1) is 8.24. The minimum atomic E-state index is -0.987. The first kappa shape index (κ1) is 11.4. The molecular weight excluding hydrogens is 216 g/mol. The van der Waals surface area contributed by atoms with Crippen LogP contribution in [0, 0.1) is 0 Å². The van der Waals surface area contributed by atoms with Gasteiger partial charge in [-0.15, -0.1) is 0 Å². The molecule has 0 heterocycles. The first-order valence-electron chi connectivity index (χ1n) is 5.25. The molecule has 3 heteroatoms. The van der Waals surface area contributed by atoms with E-state index in [-0.39, 0.29) is 12.2 Å². The fraction of sp³-hybridized carbons (Fsp3) is 0.0714. The maximum Gasteiger partial charge on any atom is 0.336 e. The lowest BCUT2D eigenvalue weighted by Gasteiger charge is -2.11. The number of carboxylic acids is 1. The molecule has 0 bridgehead atoms. The van der Waals surface area contributed by atoms with Crippen LogP contribution in [0.25, 0.3) is 11.1 Å². The monoisotopic (exact) mass is 228 g/mol. The number of aliphatic hydroxyl groups excluding tert-OH is 1. The van der Waals surface area contributed by atoms with Crippen LogP contribution in [0.2, 0.25) is 0 Å². The summed E-state index contributed by atoms with van der Waals surface area (Å²) in [6.45, 7) is -0.175. The van der Waals surface area contributed by atoms with Gasteiger partial charge in [-0.1, -0.05) is 42.5 Å². The van der Waals surface area contributed by atoms with Crippen LogP contribution < -0.4 is 0 Å². The molecule has 0 amide bonds. The second-order valence-electron chi connectivity index (χ2n) is 3.67. The topological polar surface area (TPSA) is 57.5 Å². The Morgan fingerprint density at radius 1 is 1.00 bits per heavy atom. The minimum Gasteiger partial charge on any atom is -0.478 e. The number of hydrogen-bond acceptors (Lipinski definition) is 2. The van der Waals surface area contributed by atoms with Crippen LogP contribution in [-0.2, 0) is 6.61 Å². The lowest BCUT2D eigenvalue weighted by atomic mass is 9.95. The molecule has 0 fully saturated rings. The van der Waals surface area contributed by atoms with Crippen molar-refractivity contribution in [1.82, 2.24) is 0 Å². The van der Waals surface area contributed by atoms with Gasteiger partial charge in [0.1, 0.15) is 0 Å². The van der Waals surface area contributed by atoms with Crippen molar-refractivity contribution < 1.29 is 15.0 Å². The van der Waals surface area contributed by atoms with E-state index in [9.17, 15) is 9.90 Å². The SMILES string of the molecule is O=C(O)c1cccc(CO)c1-c1ccccc1. The third-order valence-corrected chi connectivity index (χ3v) is 2.61. The Labute approximate surface area is 99.0 Å². The number of hydrogen-bond donors (Lipinski definition) is 2. The lowest BCUT2D eigenvalue weighted by Crippen LogP contribution is -2.02. The van der Waals surface area contributed by atoms with E-state index in [1.165, 1.54) is 0 Å². The third kappa shape index (κ3) is 2.19. The number of carbonyl (C=O) groups is 1. The van der Waals surface area contributed by atoms with Crippen LogP contribution in [0.15, 0.2) is 48.5 Å². The summed E-state index contributed by atoms with van der Waals surface area (Å²) in [5, 5.41) is 18.5. The molecule has 0 aliphatic rings. The summed E-state index contributed by atoms with van der Waals surface area (Å²) in [6.07, 6.45) is 0. The highest BCUT2D eigenvalue weighted by Gasteiger charge is 2.14. The minimum absolute atomic E-state index is 0.175. The van der Waals surface area contributed by atoms with Crippen LogP contribution in [-0.4, -0.2) is 16.2 Å².